The largest absolute Gasteiger partial charge is 0.373 e. The standard InChI is InChI=1S/C7H11BrN4O/c1-3-12-7(10-2)4(6(9)13)5(8)11-12/h10H,3H2,1-2H3,(H2,9,13). The van der Waals surface area contributed by atoms with Crippen molar-refractivity contribution in [2.45, 2.75) is 13.5 Å². The summed E-state index contributed by atoms with van der Waals surface area (Å²) < 4.78 is 2.15. The van der Waals surface area contributed by atoms with Crippen molar-refractivity contribution in [1.82, 2.24) is 9.78 Å². The third-order valence-electron chi connectivity index (χ3n) is 1.69. The second-order valence-electron chi connectivity index (χ2n) is 2.44. The number of primary amides is 1. The number of nitrogens with zero attached hydrogens (tertiary/aromatic N) is 2. The second kappa shape index (κ2) is 3.78. The zero-order valence-electron chi connectivity index (χ0n) is 7.47. The summed E-state index contributed by atoms with van der Waals surface area (Å²) >= 11 is 3.18. The van der Waals surface area contributed by atoms with Gasteiger partial charge in [-0.15, -0.1) is 0 Å². The zero-order valence-corrected chi connectivity index (χ0v) is 9.05. The second-order valence-corrected chi connectivity index (χ2v) is 3.20. The van der Waals surface area contributed by atoms with Crippen LogP contribution in [-0.4, -0.2) is 22.7 Å². The summed E-state index contributed by atoms with van der Waals surface area (Å²) in [6, 6.07) is 0. The van der Waals surface area contributed by atoms with Crippen molar-refractivity contribution in [3.63, 3.8) is 0 Å². The molecule has 0 spiro atoms. The van der Waals surface area contributed by atoms with E-state index in [2.05, 4.69) is 26.3 Å². The number of anilines is 1. The Balaban J connectivity index is 3.31. The van der Waals surface area contributed by atoms with Gasteiger partial charge in [-0.05, 0) is 22.9 Å². The van der Waals surface area contributed by atoms with Gasteiger partial charge >= 0.3 is 0 Å². The van der Waals surface area contributed by atoms with Crippen LogP contribution in [0.15, 0.2) is 4.60 Å². The van der Waals surface area contributed by atoms with Crippen LogP contribution in [0.3, 0.4) is 0 Å². The maximum atomic E-state index is 11.0. The lowest BCUT2D eigenvalue weighted by Gasteiger charge is -2.03. The Hall–Kier alpha value is -1.04. The molecule has 1 heterocycles. The molecule has 0 atom stereocenters. The van der Waals surface area contributed by atoms with Crippen LogP contribution in [0, 0.1) is 0 Å². The summed E-state index contributed by atoms with van der Waals surface area (Å²) in [6.07, 6.45) is 0. The Morgan fingerprint density at radius 2 is 2.38 bits per heavy atom. The highest BCUT2D eigenvalue weighted by Gasteiger charge is 2.18. The average molecular weight is 247 g/mol. The molecule has 0 unspecified atom stereocenters. The molecule has 1 aromatic rings. The predicted molar refractivity (Wildman–Crippen MR) is 53.7 cm³/mol. The van der Waals surface area contributed by atoms with E-state index in [-0.39, 0.29) is 0 Å². The van der Waals surface area contributed by atoms with Crippen molar-refractivity contribution in [2.75, 3.05) is 12.4 Å². The number of nitrogens with one attached hydrogen (secondary N) is 1. The number of carbonyl (C=O) groups is 1. The van der Waals surface area contributed by atoms with Crippen LogP contribution in [-0.2, 0) is 6.54 Å². The quantitative estimate of drug-likeness (QED) is 0.829. The van der Waals surface area contributed by atoms with Crippen LogP contribution < -0.4 is 11.1 Å². The van der Waals surface area contributed by atoms with Gasteiger partial charge in [0.15, 0.2) is 0 Å². The van der Waals surface area contributed by atoms with Gasteiger partial charge in [0, 0.05) is 13.6 Å². The lowest BCUT2D eigenvalue weighted by Crippen LogP contribution is -2.14. The van der Waals surface area contributed by atoms with E-state index in [1.54, 1.807) is 11.7 Å². The molecule has 0 bridgehead atoms. The summed E-state index contributed by atoms with van der Waals surface area (Å²) in [5.41, 5.74) is 5.59. The monoisotopic (exact) mass is 246 g/mol. The molecular formula is C7H11BrN4O. The van der Waals surface area contributed by atoms with Gasteiger partial charge in [-0.2, -0.15) is 5.10 Å². The smallest absolute Gasteiger partial charge is 0.255 e. The van der Waals surface area contributed by atoms with Crippen molar-refractivity contribution in [3.8, 4) is 0 Å². The molecule has 1 rings (SSSR count). The average Bonchev–Trinajstić information content (AvgIpc) is 2.41. The molecule has 1 amide bonds. The number of hydrogen-bond acceptors (Lipinski definition) is 3. The molecule has 72 valence electrons. The lowest BCUT2D eigenvalue weighted by atomic mass is 10.3. The molecule has 13 heavy (non-hydrogen) atoms. The van der Waals surface area contributed by atoms with Crippen LogP contribution in [0.2, 0.25) is 0 Å². The van der Waals surface area contributed by atoms with E-state index < -0.39 is 5.91 Å². The maximum Gasteiger partial charge on any atom is 0.255 e. The number of hydrogen-bond donors (Lipinski definition) is 2. The molecule has 0 saturated heterocycles. The van der Waals surface area contributed by atoms with Crippen LogP contribution in [0.5, 0.6) is 0 Å². The highest BCUT2D eigenvalue weighted by atomic mass is 79.9. The molecule has 0 radical (unpaired) electrons. The van der Waals surface area contributed by atoms with E-state index in [0.717, 1.165) is 0 Å². The first kappa shape index (κ1) is 10.0. The topological polar surface area (TPSA) is 72.9 Å². The third kappa shape index (κ3) is 1.67. The van der Waals surface area contributed by atoms with Gasteiger partial charge in [0.1, 0.15) is 16.0 Å². The fourth-order valence-corrected chi connectivity index (χ4v) is 1.71. The summed E-state index contributed by atoms with van der Waals surface area (Å²) in [7, 11) is 1.72. The van der Waals surface area contributed by atoms with Gasteiger partial charge < -0.3 is 11.1 Å². The van der Waals surface area contributed by atoms with E-state index in [1.165, 1.54) is 0 Å². The predicted octanol–water partition coefficient (Wildman–Crippen LogP) is 0.806. The van der Waals surface area contributed by atoms with Crippen molar-refractivity contribution in [3.05, 3.63) is 10.2 Å². The Bertz CT molecular complexity index is 333. The van der Waals surface area contributed by atoms with Crippen molar-refractivity contribution in [1.29, 1.82) is 0 Å². The maximum absolute atomic E-state index is 11.0. The molecule has 6 heteroatoms. The van der Waals surface area contributed by atoms with E-state index >= 15 is 0 Å². The summed E-state index contributed by atoms with van der Waals surface area (Å²) in [4.78, 5) is 11.0. The fraction of sp³-hybridized carbons (Fsp3) is 0.429. The number of aryl methyl sites for hydroxylation is 1. The Morgan fingerprint density at radius 1 is 1.77 bits per heavy atom. The van der Waals surface area contributed by atoms with Gasteiger partial charge in [-0.25, -0.2) is 4.68 Å². The molecule has 0 saturated carbocycles. The number of amides is 1. The minimum atomic E-state index is -0.490. The molecule has 0 aliphatic heterocycles. The SMILES string of the molecule is CCn1nc(Br)c(C(N)=O)c1NC. The molecule has 0 aliphatic rings. The Morgan fingerprint density at radius 3 is 2.77 bits per heavy atom. The van der Waals surface area contributed by atoms with Gasteiger partial charge in [0.05, 0.1) is 0 Å². The van der Waals surface area contributed by atoms with Crippen LogP contribution in [0.25, 0.3) is 0 Å². The molecular weight excluding hydrogens is 236 g/mol. The van der Waals surface area contributed by atoms with Gasteiger partial charge in [-0.1, -0.05) is 0 Å². The van der Waals surface area contributed by atoms with Crippen LogP contribution in [0.1, 0.15) is 17.3 Å². The summed E-state index contributed by atoms with van der Waals surface area (Å²) in [5, 5.41) is 6.98. The van der Waals surface area contributed by atoms with Crippen molar-refractivity contribution < 1.29 is 4.79 Å². The number of aromatic nitrogens is 2. The molecule has 0 aromatic carbocycles. The number of nitrogens with two attached hydrogens (primary N) is 1. The van der Waals surface area contributed by atoms with Gasteiger partial charge in [0.25, 0.3) is 5.91 Å². The molecule has 3 N–H and O–H groups in total. The normalized spacial score (nSPS) is 10.1. The third-order valence-corrected chi connectivity index (χ3v) is 2.25. The fourth-order valence-electron chi connectivity index (χ4n) is 1.13. The van der Waals surface area contributed by atoms with Crippen molar-refractivity contribution in [2.24, 2.45) is 5.73 Å². The number of halogens is 1. The summed E-state index contributed by atoms with van der Waals surface area (Å²) in [6.45, 7) is 2.62. The molecule has 5 nitrogen and oxygen atoms in total. The zero-order chi connectivity index (χ0) is 10.0. The van der Waals surface area contributed by atoms with Crippen LogP contribution in [0.4, 0.5) is 5.82 Å². The Kier molecular flexibility index (Phi) is 2.92. The van der Waals surface area contributed by atoms with Gasteiger partial charge in [-0.3, -0.25) is 4.79 Å². The van der Waals surface area contributed by atoms with E-state index in [0.29, 0.717) is 22.5 Å². The minimum Gasteiger partial charge on any atom is -0.373 e. The minimum absolute atomic E-state index is 0.393. The summed E-state index contributed by atoms with van der Waals surface area (Å²) in [5.74, 6) is 0.151. The highest BCUT2D eigenvalue weighted by Crippen LogP contribution is 2.23. The number of rotatable bonds is 3. The van der Waals surface area contributed by atoms with E-state index in [4.69, 9.17) is 5.73 Å². The number of carbonyl (C=O) groups excluding carboxylic acids is 1. The first-order valence-corrected chi connectivity index (χ1v) is 4.65. The molecule has 0 aliphatic carbocycles. The van der Waals surface area contributed by atoms with E-state index in [9.17, 15) is 4.79 Å². The molecule has 1 aromatic heterocycles. The highest BCUT2D eigenvalue weighted by molar-refractivity contribution is 9.10. The lowest BCUT2D eigenvalue weighted by molar-refractivity contribution is 0.100. The first-order chi connectivity index (χ1) is 6.11. The van der Waals surface area contributed by atoms with Gasteiger partial charge in [0.2, 0.25) is 0 Å². The van der Waals surface area contributed by atoms with E-state index in [1.807, 2.05) is 6.92 Å². The first-order valence-electron chi connectivity index (χ1n) is 3.85. The Labute approximate surface area is 84.4 Å². The van der Waals surface area contributed by atoms with Crippen LogP contribution >= 0.6 is 15.9 Å². The van der Waals surface area contributed by atoms with Crippen molar-refractivity contribution >= 4 is 27.7 Å². The molecule has 0 fully saturated rings.